The molecule has 3 rings (SSSR count). The number of anilines is 2. The van der Waals surface area contributed by atoms with Gasteiger partial charge in [0, 0.05) is 10.7 Å². The summed E-state index contributed by atoms with van der Waals surface area (Å²) in [5.74, 6) is 0.815. The van der Waals surface area contributed by atoms with Crippen LogP contribution in [0.15, 0.2) is 59.3 Å². The number of hydrogen-bond donors (Lipinski definition) is 1. The Hall–Kier alpha value is -2.14. The van der Waals surface area contributed by atoms with Gasteiger partial charge in [-0.1, -0.05) is 30.3 Å². The minimum atomic E-state index is 0.759. The quantitative estimate of drug-likeness (QED) is 0.774. The first kappa shape index (κ1) is 13.8. The molecular weight excluding hydrogens is 328 g/mol. The predicted molar refractivity (Wildman–Crippen MR) is 87.7 cm³/mol. The van der Waals surface area contributed by atoms with Crippen molar-refractivity contribution in [1.82, 2.24) is 14.8 Å². The summed E-state index contributed by atoms with van der Waals surface area (Å²) in [7, 11) is 0. The lowest BCUT2D eigenvalue weighted by Crippen LogP contribution is -1.99. The van der Waals surface area contributed by atoms with Gasteiger partial charge in [-0.2, -0.15) is 5.10 Å². The normalized spacial score (nSPS) is 10.6. The Morgan fingerprint density at radius 3 is 2.71 bits per heavy atom. The minimum Gasteiger partial charge on any atom is -0.338 e. The highest BCUT2D eigenvalue weighted by molar-refractivity contribution is 9.10. The molecule has 0 radical (unpaired) electrons. The van der Waals surface area contributed by atoms with Crippen molar-refractivity contribution in [3.63, 3.8) is 0 Å². The number of benzene rings is 1. The molecule has 0 aliphatic carbocycles. The molecular formula is C16H15BrN4. The van der Waals surface area contributed by atoms with Crippen molar-refractivity contribution in [1.29, 1.82) is 0 Å². The highest BCUT2D eigenvalue weighted by atomic mass is 79.9. The van der Waals surface area contributed by atoms with E-state index in [-0.39, 0.29) is 0 Å². The highest BCUT2D eigenvalue weighted by Gasteiger charge is 2.03. The summed E-state index contributed by atoms with van der Waals surface area (Å²) in [6.07, 6.45) is 3.79. The second-order valence-electron chi connectivity index (χ2n) is 4.80. The molecule has 2 aromatic heterocycles. The SMILES string of the molecule is Cc1nc(Nc2cnn(Cc3ccccc3)c2)ccc1Br. The molecule has 0 spiro atoms. The van der Waals surface area contributed by atoms with E-state index >= 15 is 0 Å². The topological polar surface area (TPSA) is 42.7 Å². The zero-order valence-electron chi connectivity index (χ0n) is 11.6. The van der Waals surface area contributed by atoms with Gasteiger partial charge in [-0.15, -0.1) is 0 Å². The first-order valence-electron chi connectivity index (χ1n) is 6.67. The van der Waals surface area contributed by atoms with Crippen molar-refractivity contribution < 1.29 is 0 Å². The average molecular weight is 343 g/mol. The predicted octanol–water partition coefficient (Wildman–Crippen LogP) is 4.14. The van der Waals surface area contributed by atoms with E-state index in [1.165, 1.54) is 5.56 Å². The van der Waals surface area contributed by atoms with Gasteiger partial charge in [-0.05, 0) is 40.5 Å². The highest BCUT2D eigenvalue weighted by Crippen LogP contribution is 2.19. The Bertz CT molecular complexity index is 737. The molecule has 0 saturated heterocycles. The lowest BCUT2D eigenvalue weighted by Gasteiger charge is -2.04. The van der Waals surface area contributed by atoms with Crippen LogP contribution in [0.4, 0.5) is 11.5 Å². The maximum Gasteiger partial charge on any atom is 0.130 e. The molecule has 4 nitrogen and oxygen atoms in total. The van der Waals surface area contributed by atoms with E-state index in [1.54, 1.807) is 0 Å². The molecule has 2 heterocycles. The van der Waals surface area contributed by atoms with Crippen LogP contribution < -0.4 is 5.32 Å². The number of nitrogens with zero attached hydrogens (tertiary/aromatic N) is 3. The molecule has 0 amide bonds. The van der Waals surface area contributed by atoms with Crippen molar-refractivity contribution in [3.05, 3.63) is 70.6 Å². The lowest BCUT2D eigenvalue weighted by atomic mass is 10.2. The van der Waals surface area contributed by atoms with Crippen LogP contribution >= 0.6 is 15.9 Å². The minimum absolute atomic E-state index is 0.759. The van der Waals surface area contributed by atoms with Crippen LogP contribution in [0.5, 0.6) is 0 Å². The molecule has 0 aliphatic rings. The summed E-state index contributed by atoms with van der Waals surface area (Å²) in [5.41, 5.74) is 3.11. The molecule has 0 fully saturated rings. The Morgan fingerprint density at radius 1 is 1.14 bits per heavy atom. The molecule has 1 aromatic carbocycles. The zero-order chi connectivity index (χ0) is 14.7. The van der Waals surface area contributed by atoms with Gasteiger partial charge in [-0.25, -0.2) is 4.98 Å². The van der Waals surface area contributed by atoms with Crippen molar-refractivity contribution in [3.8, 4) is 0 Å². The lowest BCUT2D eigenvalue weighted by molar-refractivity contribution is 0.687. The van der Waals surface area contributed by atoms with Crippen LogP contribution in [-0.4, -0.2) is 14.8 Å². The molecule has 3 aromatic rings. The summed E-state index contributed by atoms with van der Waals surface area (Å²) < 4.78 is 2.91. The van der Waals surface area contributed by atoms with Gasteiger partial charge < -0.3 is 5.32 Å². The van der Waals surface area contributed by atoms with Crippen molar-refractivity contribution >= 4 is 27.4 Å². The van der Waals surface area contributed by atoms with Crippen LogP contribution in [0.2, 0.25) is 0 Å². The van der Waals surface area contributed by atoms with Crippen LogP contribution in [-0.2, 0) is 6.54 Å². The van der Waals surface area contributed by atoms with Crippen LogP contribution in [0, 0.1) is 6.92 Å². The van der Waals surface area contributed by atoms with Gasteiger partial charge in [-0.3, -0.25) is 4.68 Å². The monoisotopic (exact) mass is 342 g/mol. The molecule has 0 bridgehead atoms. The number of halogens is 1. The van der Waals surface area contributed by atoms with E-state index in [1.807, 2.05) is 54.3 Å². The summed E-state index contributed by atoms with van der Waals surface area (Å²) in [4.78, 5) is 4.47. The molecule has 1 N–H and O–H groups in total. The van der Waals surface area contributed by atoms with E-state index < -0.39 is 0 Å². The fraction of sp³-hybridized carbons (Fsp3) is 0.125. The van der Waals surface area contributed by atoms with E-state index in [4.69, 9.17) is 0 Å². The fourth-order valence-electron chi connectivity index (χ4n) is 2.05. The van der Waals surface area contributed by atoms with Gasteiger partial charge >= 0.3 is 0 Å². The molecule has 21 heavy (non-hydrogen) atoms. The van der Waals surface area contributed by atoms with Crippen LogP contribution in [0.3, 0.4) is 0 Å². The van der Waals surface area contributed by atoms with Gasteiger partial charge in [0.1, 0.15) is 5.82 Å². The van der Waals surface area contributed by atoms with E-state index in [2.05, 4.69) is 43.5 Å². The Labute approximate surface area is 132 Å². The Kier molecular flexibility index (Phi) is 4.01. The summed E-state index contributed by atoms with van der Waals surface area (Å²) in [5, 5.41) is 7.63. The Balaban J connectivity index is 1.71. The standard InChI is InChI=1S/C16H15BrN4/c1-12-15(17)7-8-16(19-12)20-14-9-18-21(11-14)10-13-5-3-2-4-6-13/h2-9,11H,10H2,1H3,(H,19,20). The molecule has 0 saturated carbocycles. The molecule has 106 valence electrons. The summed E-state index contributed by atoms with van der Waals surface area (Å²) in [6, 6.07) is 14.2. The van der Waals surface area contributed by atoms with Crippen LogP contribution in [0.1, 0.15) is 11.3 Å². The third-order valence-electron chi connectivity index (χ3n) is 3.11. The second-order valence-corrected chi connectivity index (χ2v) is 5.66. The van der Waals surface area contributed by atoms with E-state index in [0.717, 1.165) is 28.2 Å². The van der Waals surface area contributed by atoms with E-state index in [0.29, 0.717) is 0 Å². The third-order valence-corrected chi connectivity index (χ3v) is 3.95. The second kappa shape index (κ2) is 6.10. The number of hydrogen-bond acceptors (Lipinski definition) is 3. The molecule has 0 aliphatic heterocycles. The summed E-state index contributed by atoms with van der Waals surface area (Å²) in [6.45, 7) is 2.73. The number of aryl methyl sites for hydroxylation is 1. The van der Waals surface area contributed by atoms with Crippen molar-refractivity contribution in [2.75, 3.05) is 5.32 Å². The molecule has 0 unspecified atom stereocenters. The molecule has 5 heteroatoms. The zero-order valence-corrected chi connectivity index (χ0v) is 13.2. The van der Waals surface area contributed by atoms with Crippen LogP contribution in [0.25, 0.3) is 0 Å². The first-order valence-corrected chi connectivity index (χ1v) is 7.46. The third kappa shape index (κ3) is 3.49. The number of aromatic nitrogens is 3. The van der Waals surface area contributed by atoms with Crippen molar-refractivity contribution in [2.24, 2.45) is 0 Å². The summed E-state index contributed by atoms with van der Waals surface area (Å²) >= 11 is 3.45. The number of nitrogens with one attached hydrogen (secondary N) is 1. The first-order chi connectivity index (χ1) is 10.2. The number of rotatable bonds is 4. The largest absolute Gasteiger partial charge is 0.338 e. The smallest absolute Gasteiger partial charge is 0.130 e. The van der Waals surface area contributed by atoms with Crippen molar-refractivity contribution in [2.45, 2.75) is 13.5 Å². The molecule has 0 atom stereocenters. The maximum absolute atomic E-state index is 4.47. The fourth-order valence-corrected chi connectivity index (χ4v) is 2.27. The Morgan fingerprint density at radius 2 is 1.95 bits per heavy atom. The number of pyridine rings is 1. The van der Waals surface area contributed by atoms with Gasteiger partial charge in [0.15, 0.2) is 0 Å². The van der Waals surface area contributed by atoms with Gasteiger partial charge in [0.25, 0.3) is 0 Å². The average Bonchev–Trinajstić information content (AvgIpc) is 2.91. The maximum atomic E-state index is 4.47. The van der Waals surface area contributed by atoms with Gasteiger partial charge in [0.05, 0.1) is 24.1 Å². The van der Waals surface area contributed by atoms with Gasteiger partial charge in [0.2, 0.25) is 0 Å². The van der Waals surface area contributed by atoms with E-state index in [9.17, 15) is 0 Å².